The monoisotopic (exact) mass is 350 g/mol. The molecule has 0 saturated heterocycles. The third kappa shape index (κ3) is 3.83. The zero-order valence-corrected chi connectivity index (χ0v) is 14.5. The van der Waals surface area contributed by atoms with E-state index in [1.54, 1.807) is 11.8 Å². The van der Waals surface area contributed by atoms with Gasteiger partial charge < -0.3 is 0 Å². The number of halogens is 1. The summed E-state index contributed by atoms with van der Waals surface area (Å²) in [6.45, 7) is 6.17. The maximum atomic E-state index is 4.57. The van der Waals surface area contributed by atoms with Gasteiger partial charge in [-0.15, -0.1) is 0 Å². The Hall–Kier alpha value is -0.870. The molecule has 0 aliphatic rings. The summed E-state index contributed by atoms with van der Waals surface area (Å²) in [4.78, 5) is 9.14. The molecule has 1 unspecified atom stereocenters. The average Bonchev–Trinajstić information content (AvgIpc) is 2.46. The van der Waals surface area contributed by atoms with Crippen LogP contribution in [0.5, 0.6) is 0 Å². The minimum atomic E-state index is 0.478. The Labute approximate surface area is 133 Å². The van der Waals surface area contributed by atoms with Crippen LogP contribution >= 0.6 is 27.7 Å². The lowest BCUT2D eigenvalue weighted by Gasteiger charge is -2.14. The van der Waals surface area contributed by atoms with Gasteiger partial charge in [-0.2, -0.15) is 0 Å². The predicted octanol–water partition coefficient (Wildman–Crippen LogP) is 4.67. The van der Waals surface area contributed by atoms with Crippen LogP contribution in [0.1, 0.15) is 28.4 Å². The van der Waals surface area contributed by atoms with Crippen molar-refractivity contribution in [1.82, 2.24) is 9.97 Å². The molecule has 106 valence electrons. The summed E-state index contributed by atoms with van der Waals surface area (Å²) in [5, 5.41) is 1.83. The van der Waals surface area contributed by atoms with E-state index < -0.39 is 0 Å². The first-order chi connectivity index (χ1) is 9.61. The molecule has 0 N–H and O–H groups in total. The van der Waals surface area contributed by atoms with Crippen molar-refractivity contribution in [2.45, 2.75) is 31.8 Å². The van der Waals surface area contributed by atoms with Gasteiger partial charge in [0.2, 0.25) is 0 Å². The molecule has 0 fully saturated rings. The van der Waals surface area contributed by atoms with Crippen molar-refractivity contribution in [1.29, 1.82) is 0 Å². The van der Waals surface area contributed by atoms with Gasteiger partial charge in [0.25, 0.3) is 0 Å². The summed E-state index contributed by atoms with van der Waals surface area (Å²) in [7, 11) is 0. The van der Waals surface area contributed by atoms with E-state index in [1.165, 1.54) is 11.1 Å². The smallest absolute Gasteiger partial charge is 0.188 e. The summed E-state index contributed by atoms with van der Waals surface area (Å²) in [5.74, 6) is 1.46. The Bertz CT molecular complexity index is 549. The fourth-order valence-corrected chi connectivity index (χ4v) is 3.91. The van der Waals surface area contributed by atoms with Crippen LogP contribution in [0.2, 0.25) is 0 Å². The summed E-state index contributed by atoms with van der Waals surface area (Å²) in [6, 6.07) is 10.6. The van der Waals surface area contributed by atoms with Gasteiger partial charge in [-0.05, 0) is 31.9 Å². The lowest BCUT2D eigenvalue weighted by molar-refractivity contribution is 0.863. The highest BCUT2D eigenvalue weighted by atomic mass is 79.9. The van der Waals surface area contributed by atoms with Crippen molar-refractivity contribution in [3.8, 4) is 0 Å². The molecule has 0 amide bonds. The highest BCUT2D eigenvalue weighted by Crippen LogP contribution is 2.26. The molecular weight excluding hydrogens is 332 g/mol. The fourth-order valence-electron chi connectivity index (χ4n) is 1.94. The van der Waals surface area contributed by atoms with Crippen LogP contribution < -0.4 is 0 Å². The molecule has 4 heteroatoms. The van der Waals surface area contributed by atoms with Crippen molar-refractivity contribution in [3.63, 3.8) is 0 Å². The zero-order chi connectivity index (χ0) is 14.5. The molecule has 2 aromatic rings. The lowest BCUT2D eigenvalue weighted by Crippen LogP contribution is -2.05. The molecule has 1 aromatic carbocycles. The predicted molar refractivity (Wildman–Crippen MR) is 89.9 cm³/mol. The molecule has 2 rings (SSSR count). The molecular formula is C16H19BrN2S. The van der Waals surface area contributed by atoms with Gasteiger partial charge in [0.15, 0.2) is 5.16 Å². The second-order valence-electron chi connectivity index (χ2n) is 4.87. The number of thioether (sulfide) groups is 1. The van der Waals surface area contributed by atoms with Gasteiger partial charge in [-0.3, -0.25) is 0 Å². The third-order valence-corrected chi connectivity index (χ3v) is 5.27. The maximum Gasteiger partial charge on any atom is 0.188 e. The summed E-state index contributed by atoms with van der Waals surface area (Å²) in [5.41, 5.74) is 4.71. The maximum absolute atomic E-state index is 4.57. The molecule has 20 heavy (non-hydrogen) atoms. The molecule has 1 aromatic heterocycles. The topological polar surface area (TPSA) is 25.8 Å². The van der Waals surface area contributed by atoms with E-state index in [-0.39, 0.29) is 0 Å². The Morgan fingerprint density at radius 2 is 1.65 bits per heavy atom. The molecule has 0 radical (unpaired) electrons. The standard InChI is InChI=1S/C16H19BrN2S/c1-11-12(2)18-16(19-13(11)3)20-10-15(9-17)14-7-5-4-6-8-14/h4-8,15H,9-10H2,1-3H3. The number of benzene rings is 1. The van der Waals surface area contributed by atoms with E-state index in [9.17, 15) is 0 Å². The van der Waals surface area contributed by atoms with E-state index >= 15 is 0 Å². The number of hydrogen-bond donors (Lipinski definition) is 0. The minimum absolute atomic E-state index is 0.478. The highest BCUT2D eigenvalue weighted by molar-refractivity contribution is 9.09. The number of alkyl halides is 1. The minimum Gasteiger partial charge on any atom is -0.228 e. The molecule has 0 bridgehead atoms. The molecule has 0 saturated carbocycles. The van der Waals surface area contributed by atoms with E-state index in [0.29, 0.717) is 5.92 Å². The first kappa shape index (κ1) is 15.5. The van der Waals surface area contributed by atoms with E-state index in [2.05, 4.69) is 63.2 Å². The van der Waals surface area contributed by atoms with Crippen molar-refractivity contribution >= 4 is 27.7 Å². The molecule has 0 aliphatic carbocycles. The largest absolute Gasteiger partial charge is 0.228 e. The normalized spacial score (nSPS) is 12.4. The van der Waals surface area contributed by atoms with Crippen LogP contribution in [0.15, 0.2) is 35.5 Å². The van der Waals surface area contributed by atoms with E-state index in [1.807, 2.05) is 13.8 Å². The van der Waals surface area contributed by atoms with Gasteiger partial charge >= 0.3 is 0 Å². The lowest BCUT2D eigenvalue weighted by atomic mass is 10.0. The average molecular weight is 351 g/mol. The van der Waals surface area contributed by atoms with Crippen LogP contribution in [0, 0.1) is 20.8 Å². The van der Waals surface area contributed by atoms with Crippen LogP contribution in [0.3, 0.4) is 0 Å². The van der Waals surface area contributed by atoms with Gasteiger partial charge in [0.1, 0.15) is 0 Å². The third-order valence-electron chi connectivity index (χ3n) is 3.48. The molecule has 1 heterocycles. The Morgan fingerprint density at radius 3 is 2.20 bits per heavy atom. The van der Waals surface area contributed by atoms with Crippen LogP contribution in [-0.4, -0.2) is 21.1 Å². The fraction of sp³-hybridized carbons (Fsp3) is 0.375. The van der Waals surface area contributed by atoms with Crippen LogP contribution in [-0.2, 0) is 0 Å². The molecule has 0 spiro atoms. The van der Waals surface area contributed by atoms with E-state index in [0.717, 1.165) is 27.6 Å². The first-order valence-electron chi connectivity index (χ1n) is 6.67. The van der Waals surface area contributed by atoms with Crippen LogP contribution in [0.25, 0.3) is 0 Å². The van der Waals surface area contributed by atoms with Gasteiger partial charge in [-0.1, -0.05) is 58.0 Å². The Balaban J connectivity index is 2.07. The van der Waals surface area contributed by atoms with Gasteiger partial charge in [0.05, 0.1) is 0 Å². The Morgan fingerprint density at radius 1 is 1.05 bits per heavy atom. The van der Waals surface area contributed by atoms with Gasteiger partial charge in [-0.25, -0.2) is 9.97 Å². The molecule has 0 aliphatic heterocycles. The van der Waals surface area contributed by atoms with E-state index in [4.69, 9.17) is 0 Å². The SMILES string of the molecule is Cc1nc(SCC(CBr)c2ccccc2)nc(C)c1C. The zero-order valence-electron chi connectivity index (χ0n) is 12.1. The summed E-state index contributed by atoms with van der Waals surface area (Å²) in [6.07, 6.45) is 0. The quantitative estimate of drug-likeness (QED) is 0.445. The van der Waals surface area contributed by atoms with Gasteiger partial charge in [0, 0.05) is 28.4 Å². The second kappa shape index (κ2) is 7.23. The Kier molecular flexibility index (Phi) is 5.61. The first-order valence-corrected chi connectivity index (χ1v) is 8.78. The summed E-state index contributed by atoms with van der Waals surface area (Å²) < 4.78 is 0. The summed E-state index contributed by atoms with van der Waals surface area (Å²) >= 11 is 5.35. The molecule has 1 atom stereocenters. The number of nitrogens with zero attached hydrogens (tertiary/aromatic N) is 2. The van der Waals surface area contributed by atoms with Crippen LogP contribution in [0.4, 0.5) is 0 Å². The highest BCUT2D eigenvalue weighted by Gasteiger charge is 2.12. The number of rotatable bonds is 5. The van der Waals surface area contributed by atoms with Crippen molar-refractivity contribution in [2.24, 2.45) is 0 Å². The van der Waals surface area contributed by atoms with Crippen molar-refractivity contribution in [3.05, 3.63) is 52.8 Å². The van der Waals surface area contributed by atoms with Crippen molar-refractivity contribution in [2.75, 3.05) is 11.1 Å². The number of aryl methyl sites for hydroxylation is 2. The number of aromatic nitrogens is 2. The number of hydrogen-bond acceptors (Lipinski definition) is 3. The van der Waals surface area contributed by atoms with Crippen molar-refractivity contribution < 1.29 is 0 Å². The second-order valence-corrected chi connectivity index (χ2v) is 6.51. The molecule has 2 nitrogen and oxygen atoms in total.